The van der Waals surface area contributed by atoms with Gasteiger partial charge in [-0.1, -0.05) is 20.8 Å². The lowest BCUT2D eigenvalue weighted by molar-refractivity contribution is -0.0823. The summed E-state index contributed by atoms with van der Waals surface area (Å²) in [4.78, 5) is 4.80. The second kappa shape index (κ2) is 11.1. The predicted octanol–water partition coefficient (Wildman–Crippen LogP) is 3.84. The Morgan fingerprint density at radius 1 is 1.32 bits per heavy atom. The minimum atomic E-state index is 0. The molecule has 2 atom stereocenters. The molecular formula is C19H34IN3O2. The average Bonchev–Trinajstić information content (AvgIpc) is 3.05. The van der Waals surface area contributed by atoms with Gasteiger partial charge in [0.25, 0.3) is 0 Å². The molecule has 1 aliphatic heterocycles. The molecule has 1 aromatic heterocycles. The number of hydrogen-bond acceptors (Lipinski definition) is 3. The first-order chi connectivity index (χ1) is 11.5. The lowest BCUT2D eigenvalue weighted by atomic mass is 9.78. The molecule has 2 N–H and O–H groups in total. The van der Waals surface area contributed by atoms with Crippen LogP contribution in [0.25, 0.3) is 0 Å². The number of furan rings is 1. The van der Waals surface area contributed by atoms with Crippen molar-refractivity contribution in [3.63, 3.8) is 0 Å². The minimum absolute atomic E-state index is 0. The van der Waals surface area contributed by atoms with Gasteiger partial charge in [-0.2, -0.15) is 0 Å². The molecule has 0 amide bonds. The van der Waals surface area contributed by atoms with Crippen molar-refractivity contribution in [2.75, 3.05) is 26.2 Å². The zero-order valence-corrected chi connectivity index (χ0v) is 18.3. The van der Waals surface area contributed by atoms with Gasteiger partial charge in [-0.3, -0.25) is 4.99 Å². The molecule has 6 heteroatoms. The number of hydrogen-bond donors (Lipinski definition) is 2. The molecule has 0 spiro atoms. The standard InChI is InChI=1S/C19H33N3O2.HI/c1-5-20-18(21-11-10-16-9-7-12-23-16)22-14-15-8-6-13-24-17(15)19(2,3)4;/h7,9,12,15,17H,5-6,8,10-11,13-14H2,1-4H3,(H2,20,21,22);1H. The quantitative estimate of drug-likeness (QED) is 0.383. The second-order valence-electron chi connectivity index (χ2n) is 7.54. The van der Waals surface area contributed by atoms with Crippen molar-refractivity contribution in [1.82, 2.24) is 10.6 Å². The first kappa shape index (κ1) is 22.3. The zero-order chi connectivity index (χ0) is 17.4. The molecule has 25 heavy (non-hydrogen) atoms. The highest BCUT2D eigenvalue weighted by Crippen LogP contribution is 2.34. The fraction of sp³-hybridized carbons (Fsp3) is 0.737. The largest absolute Gasteiger partial charge is 0.469 e. The Morgan fingerprint density at radius 2 is 2.12 bits per heavy atom. The smallest absolute Gasteiger partial charge is 0.191 e. The highest BCUT2D eigenvalue weighted by molar-refractivity contribution is 14.0. The Morgan fingerprint density at radius 3 is 2.76 bits per heavy atom. The first-order valence-corrected chi connectivity index (χ1v) is 9.17. The van der Waals surface area contributed by atoms with Gasteiger partial charge < -0.3 is 19.8 Å². The summed E-state index contributed by atoms with van der Waals surface area (Å²) >= 11 is 0. The Balaban J connectivity index is 0.00000312. The van der Waals surface area contributed by atoms with Crippen molar-refractivity contribution in [1.29, 1.82) is 0 Å². The van der Waals surface area contributed by atoms with E-state index in [9.17, 15) is 0 Å². The highest BCUT2D eigenvalue weighted by Gasteiger charge is 2.35. The molecule has 0 aromatic carbocycles. The van der Waals surface area contributed by atoms with Gasteiger partial charge in [0.15, 0.2) is 5.96 Å². The maximum Gasteiger partial charge on any atom is 0.191 e. The molecule has 2 unspecified atom stereocenters. The topological polar surface area (TPSA) is 58.8 Å². The third kappa shape index (κ3) is 7.56. The average molecular weight is 463 g/mol. The van der Waals surface area contributed by atoms with Gasteiger partial charge in [0.1, 0.15) is 5.76 Å². The number of ether oxygens (including phenoxy) is 1. The Kier molecular flexibility index (Phi) is 9.86. The van der Waals surface area contributed by atoms with Gasteiger partial charge in [0.05, 0.1) is 12.4 Å². The van der Waals surface area contributed by atoms with Crippen LogP contribution in [0.5, 0.6) is 0 Å². The van der Waals surface area contributed by atoms with Gasteiger partial charge in [-0.15, -0.1) is 24.0 Å². The van der Waals surface area contributed by atoms with Crippen LogP contribution in [0.4, 0.5) is 0 Å². The van der Waals surface area contributed by atoms with Crippen molar-refractivity contribution in [2.45, 2.75) is 53.1 Å². The van der Waals surface area contributed by atoms with Crippen LogP contribution in [0.15, 0.2) is 27.8 Å². The second-order valence-corrected chi connectivity index (χ2v) is 7.54. The van der Waals surface area contributed by atoms with Crippen molar-refractivity contribution in [3.8, 4) is 0 Å². The molecule has 1 saturated heterocycles. The van der Waals surface area contributed by atoms with Gasteiger partial charge in [-0.05, 0) is 37.3 Å². The van der Waals surface area contributed by atoms with Crippen LogP contribution in [0.2, 0.25) is 0 Å². The Hall–Kier alpha value is -0.760. The molecule has 0 bridgehead atoms. The van der Waals surface area contributed by atoms with Gasteiger partial charge in [-0.25, -0.2) is 0 Å². The molecule has 144 valence electrons. The summed E-state index contributed by atoms with van der Waals surface area (Å²) in [5, 5.41) is 6.71. The van der Waals surface area contributed by atoms with E-state index >= 15 is 0 Å². The predicted molar refractivity (Wildman–Crippen MR) is 114 cm³/mol. The van der Waals surface area contributed by atoms with E-state index in [1.165, 1.54) is 6.42 Å². The highest BCUT2D eigenvalue weighted by atomic mass is 127. The summed E-state index contributed by atoms with van der Waals surface area (Å²) in [6.45, 7) is 12.2. The van der Waals surface area contributed by atoms with Gasteiger partial charge in [0, 0.05) is 38.6 Å². The molecule has 5 nitrogen and oxygen atoms in total. The van der Waals surface area contributed by atoms with Crippen molar-refractivity contribution in [3.05, 3.63) is 24.2 Å². The molecular weight excluding hydrogens is 429 g/mol. The molecule has 1 aliphatic rings. The van der Waals surface area contributed by atoms with E-state index in [1.807, 2.05) is 12.1 Å². The third-order valence-electron chi connectivity index (χ3n) is 4.37. The van der Waals surface area contributed by atoms with Crippen molar-refractivity contribution in [2.24, 2.45) is 16.3 Å². The van der Waals surface area contributed by atoms with Crippen LogP contribution in [0.3, 0.4) is 0 Å². The maximum atomic E-state index is 6.05. The molecule has 1 fully saturated rings. The number of rotatable bonds is 6. The van der Waals surface area contributed by atoms with E-state index in [4.69, 9.17) is 14.1 Å². The van der Waals surface area contributed by atoms with Crippen LogP contribution in [-0.4, -0.2) is 38.3 Å². The molecule has 0 saturated carbocycles. The van der Waals surface area contributed by atoms with Crippen LogP contribution < -0.4 is 10.6 Å². The summed E-state index contributed by atoms with van der Waals surface area (Å²) in [5.74, 6) is 2.35. The molecule has 2 rings (SSSR count). The van der Waals surface area contributed by atoms with Crippen LogP contribution >= 0.6 is 24.0 Å². The summed E-state index contributed by atoms with van der Waals surface area (Å²) in [5.41, 5.74) is 0.158. The molecule has 2 heterocycles. The number of nitrogens with one attached hydrogen (secondary N) is 2. The fourth-order valence-electron chi connectivity index (χ4n) is 3.30. The zero-order valence-electron chi connectivity index (χ0n) is 16.0. The number of halogens is 1. The van der Waals surface area contributed by atoms with E-state index in [2.05, 4.69) is 38.3 Å². The Labute approximate surface area is 169 Å². The number of nitrogens with zero attached hydrogens (tertiary/aromatic N) is 1. The summed E-state index contributed by atoms with van der Waals surface area (Å²) in [6.07, 6.45) is 5.17. The van der Waals surface area contributed by atoms with E-state index in [0.29, 0.717) is 5.92 Å². The molecule has 1 aromatic rings. The Bertz CT molecular complexity index is 497. The molecule has 0 radical (unpaired) electrons. The maximum absolute atomic E-state index is 6.05. The van der Waals surface area contributed by atoms with Gasteiger partial charge in [0.2, 0.25) is 0 Å². The van der Waals surface area contributed by atoms with Crippen molar-refractivity contribution < 1.29 is 9.15 Å². The van der Waals surface area contributed by atoms with Crippen molar-refractivity contribution >= 4 is 29.9 Å². The van der Waals surface area contributed by atoms with E-state index < -0.39 is 0 Å². The van der Waals surface area contributed by atoms with Crippen LogP contribution in [0, 0.1) is 11.3 Å². The van der Waals surface area contributed by atoms with E-state index in [0.717, 1.165) is 50.8 Å². The fourth-order valence-corrected chi connectivity index (χ4v) is 3.30. The normalized spacial score (nSPS) is 21.5. The monoisotopic (exact) mass is 463 g/mol. The SMILES string of the molecule is CCNC(=NCC1CCCOC1C(C)(C)C)NCCc1ccco1.I. The van der Waals surface area contributed by atoms with E-state index in [-0.39, 0.29) is 35.5 Å². The number of aliphatic imine (C=N–C) groups is 1. The first-order valence-electron chi connectivity index (χ1n) is 9.17. The third-order valence-corrected chi connectivity index (χ3v) is 4.37. The minimum Gasteiger partial charge on any atom is -0.469 e. The number of guanidine groups is 1. The lowest BCUT2D eigenvalue weighted by Crippen LogP contribution is -2.43. The van der Waals surface area contributed by atoms with Gasteiger partial charge >= 0.3 is 0 Å². The summed E-state index contributed by atoms with van der Waals surface area (Å²) in [6, 6.07) is 3.92. The van der Waals surface area contributed by atoms with E-state index in [1.54, 1.807) is 6.26 Å². The lowest BCUT2D eigenvalue weighted by Gasteiger charge is -2.39. The summed E-state index contributed by atoms with van der Waals surface area (Å²) < 4.78 is 11.4. The molecule has 0 aliphatic carbocycles. The van der Waals surface area contributed by atoms with Crippen LogP contribution in [0.1, 0.15) is 46.3 Å². The summed E-state index contributed by atoms with van der Waals surface area (Å²) in [7, 11) is 0. The van der Waals surface area contributed by atoms with Crippen LogP contribution in [-0.2, 0) is 11.2 Å².